The lowest BCUT2D eigenvalue weighted by Gasteiger charge is -2.25. The number of amides is 1. The lowest BCUT2D eigenvalue weighted by Crippen LogP contribution is -2.38. The Balaban J connectivity index is 1.78. The van der Waals surface area contributed by atoms with E-state index in [4.69, 9.17) is 4.74 Å². The molecule has 0 aliphatic carbocycles. The first kappa shape index (κ1) is 15.5. The van der Waals surface area contributed by atoms with Crippen LogP contribution in [0.25, 0.3) is 0 Å². The molecule has 122 valence electrons. The summed E-state index contributed by atoms with van der Waals surface area (Å²) >= 11 is 0. The van der Waals surface area contributed by atoms with E-state index in [1.807, 2.05) is 35.8 Å². The van der Waals surface area contributed by atoms with Crippen LogP contribution in [0.15, 0.2) is 30.7 Å². The summed E-state index contributed by atoms with van der Waals surface area (Å²) in [5, 5.41) is 4.33. The molecule has 1 fully saturated rings. The van der Waals surface area contributed by atoms with Gasteiger partial charge in [0.15, 0.2) is 0 Å². The quantitative estimate of drug-likeness (QED) is 0.849. The lowest BCUT2D eigenvalue weighted by atomic mass is 10.2. The molecule has 1 atom stereocenters. The molecule has 2 aromatic heterocycles. The van der Waals surface area contributed by atoms with Crippen LogP contribution in [0.3, 0.4) is 0 Å². The van der Waals surface area contributed by atoms with E-state index in [0.717, 1.165) is 31.5 Å². The second kappa shape index (κ2) is 6.81. The standard InChI is InChI=1S/C17H22N4O2/c1-3-23-16-15(7-4-8-18-16)17(22)21-9-5-6-14(21)12-20-11-13(2)10-19-20/h4,7-8,10-11,14H,3,5-6,9,12H2,1-2H3/t14-/m0/s1. The van der Waals surface area contributed by atoms with Gasteiger partial charge in [-0.2, -0.15) is 5.10 Å². The van der Waals surface area contributed by atoms with Crippen LogP contribution in [0.4, 0.5) is 0 Å². The van der Waals surface area contributed by atoms with Gasteiger partial charge < -0.3 is 9.64 Å². The monoisotopic (exact) mass is 314 g/mol. The van der Waals surface area contributed by atoms with Crippen molar-refractivity contribution in [3.05, 3.63) is 41.9 Å². The normalized spacial score (nSPS) is 17.5. The van der Waals surface area contributed by atoms with E-state index in [9.17, 15) is 4.79 Å². The van der Waals surface area contributed by atoms with Gasteiger partial charge in [0.05, 0.1) is 25.4 Å². The topological polar surface area (TPSA) is 60.2 Å². The van der Waals surface area contributed by atoms with E-state index in [2.05, 4.69) is 10.1 Å². The summed E-state index contributed by atoms with van der Waals surface area (Å²) in [4.78, 5) is 19.0. The first-order valence-electron chi connectivity index (χ1n) is 8.07. The molecular weight excluding hydrogens is 292 g/mol. The molecule has 6 nitrogen and oxygen atoms in total. The Morgan fingerprint density at radius 3 is 3.09 bits per heavy atom. The zero-order chi connectivity index (χ0) is 16.2. The van der Waals surface area contributed by atoms with Crippen molar-refractivity contribution in [2.75, 3.05) is 13.2 Å². The summed E-state index contributed by atoms with van der Waals surface area (Å²) in [5.74, 6) is 0.411. The average Bonchev–Trinajstić information content (AvgIpc) is 3.17. The van der Waals surface area contributed by atoms with Crippen LogP contribution in [0.5, 0.6) is 5.88 Å². The number of aryl methyl sites for hydroxylation is 1. The number of hydrogen-bond donors (Lipinski definition) is 0. The first-order chi connectivity index (χ1) is 11.2. The number of likely N-dealkylation sites (tertiary alicyclic amines) is 1. The van der Waals surface area contributed by atoms with Crippen molar-refractivity contribution in [2.45, 2.75) is 39.3 Å². The maximum absolute atomic E-state index is 12.9. The van der Waals surface area contributed by atoms with E-state index in [0.29, 0.717) is 18.1 Å². The van der Waals surface area contributed by atoms with Crippen molar-refractivity contribution >= 4 is 5.91 Å². The molecule has 1 saturated heterocycles. The molecular formula is C17H22N4O2. The highest BCUT2D eigenvalue weighted by Gasteiger charge is 2.31. The number of rotatable bonds is 5. The smallest absolute Gasteiger partial charge is 0.259 e. The zero-order valence-electron chi connectivity index (χ0n) is 13.6. The molecule has 0 unspecified atom stereocenters. The molecule has 6 heteroatoms. The highest BCUT2D eigenvalue weighted by Crippen LogP contribution is 2.24. The Labute approximate surface area is 136 Å². The molecule has 0 spiro atoms. The zero-order valence-corrected chi connectivity index (χ0v) is 13.6. The van der Waals surface area contributed by atoms with Crippen molar-refractivity contribution in [1.29, 1.82) is 0 Å². The van der Waals surface area contributed by atoms with E-state index in [1.54, 1.807) is 18.3 Å². The van der Waals surface area contributed by atoms with E-state index < -0.39 is 0 Å². The predicted octanol–water partition coefficient (Wildman–Crippen LogP) is 2.29. The van der Waals surface area contributed by atoms with Crippen LogP contribution in [0.2, 0.25) is 0 Å². The van der Waals surface area contributed by atoms with Crippen LogP contribution < -0.4 is 4.74 Å². The molecule has 0 bridgehead atoms. The van der Waals surface area contributed by atoms with Gasteiger partial charge in [-0.25, -0.2) is 4.98 Å². The van der Waals surface area contributed by atoms with Gasteiger partial charge >= 0.3 is 0 Å². The summed E-state index contributed by atoms with van der Waals surface area (Å²) in [6.07, 6.45) is 7.51. The predicted molar refractivity (Wildman–Crippen MR) is 86.4 cm³/mol. The Kier molecular flexibility index (Phi) is 4.60. The fourth-order valence-electron chi connectivity index (χ4n) is 3.04. The van der Waals surface area contributed by atoms with Gasteiger partial charge in [-0.15, -0.1) is 0 Å². The summed E-state index contributed by atoms with van der Waals surface area (Å²) in [7, 11) is 0. The Morgan fingerprint density at radius 1 is 1.48 bits per heavy atom. The highest BCUT2D eigenvalue weighted by atomic mass is 16.5. The van der Waals surface area contributed by atoms with Crippen LogP contribution in [-0.2, 0) is 6.54 Å². The summed E-state index contributed by atoms with van der Waals surface area (Å²) < 4.78 is 7.41. The van der Waals surface area contributed by atoms with Gasteiger partial charge in [0.1, 0.15) is 5.56 Å². The number of hydrogen-bond acceptors (Lipinski definition) is 4. The summed E-state index contributed by atoms with van der Waals surface area (Å²) in [6, 6.07) is 3.72. The molecule has 0 saturated carbocycles. The molecule has 0 N–H and O–H groups in total. The number of nitrogens with zero attached hydrogens (tertiary/aromatic N) is 4. The third-order valence-electron chi connectivity index (χ3n) is 4.08. The van der Waals surface area contributed by atoms with Crippen LogP contribution in [-0.4, -0.2) is 44.8 Å². The van der Waals surface area contributed by atoms with E-state index in [-0.39, 0.29) is 11.9 Å². The molecule has 0 radical (unpaired) electrons. The van der Waals surface area contributed by atoms with E-state index in [1.165, 1.54) is 0 Å². The largest absolute Gasteiger partial charge is 0.477 e. The van der Waals surface area contributed by atoms with Crippen molar-refractivity contribution in [3.63, 3.8) is 0 Å². The number of ether oxygens (including phenoxy) is 1. The third kappa shape index (κ3) is 3.36. The Hall–Kier alpha value is -2.37. The molecule has 3 rings (SSSR count). The summed E-state index contributed by atoms with van der Waals surface area (Å²) in [5.41, 5.74) is 1.67. The van der Waals surface area contributed by atoms with Crippen molar-refractivity contribution in [3.8, 4) is 5.88 Å². The van der Waals surface area contributed by atoms with Gasteiger partial charge in [0.2, 0.25) is 5.88 Å². The van der Waals surface area contributed by atoms with Crippen molar-refractivity contribution in [1.82, 2.24) is 19.7 Å². The number of carbonyl (C=O) groups is 1. The molecule has 2 aromatic rings. The molecule has 1 aliphatic rings. The Bertz CT molecular complexity index is 683. The Morgan fingerprint density at radius 2 is 2.35 bits per heavy atom. The second-order valence-electron chi connectivity index (χ2n) is 5.82. The number of pyridine rings is 1. The first-order valence-corrected chi connectivity index (χ1v) is 8.07. The van der Waals surface area contributed by atoms with Gasteiger partial charge in [-0.3, -0.25) is 9.48 Å². The van der Waals surface area contributed by atoms with Crippen molar-refractivity contribution in [2.24, 2.45) is 0 Å². The highest BCUT2D eigenvalue weighted by molar-refractivity contribution is 5.96. The second-order valence-corrected chi connectivity index (χ2v) is 5.82. The molecule has 3 heterocycles. The minimum absolute atomic E-state index is 0.00655. The third-order valence-corrected chi connectivity index (χ3v) is 4.08. The van der Waals surface area contributed by atoms with Gasteiger partial charge in [0.25, 0.3) is 5.91 Å². The fraction of sp³-hybridized carbons (Fsp3) is 0.471. The molecule has 23 heavy (non-hydrogen) atoms. The minimum atomic E-state index is -0.00655. The SMILES string of the molecule is CCOc1ncccc1C(=O)N1CCC[C@H]1Cn1cc(C)cn1. The number of aromatic nitrogens is 3. The number of carbonyl (C=O) groups excluding carboxylic acids is 1. The van der Waals surface area contributed by atoms with E-state index >= 15 is 0 Å². The minimum Gasteiger partial charge on any atom is -0.477 e. The van der Waals surface area contributed by atoms with Crippen molar-refractivity contribution < 1.29 is 9.53 Å². The van der Waals surface area contributed by atoms with Crippen LogP contribution >= 0.6 is 0 Å². The van der Waals surface area contributed by atoms with Crippen LogP contribution in [0, 0.1) is 6.92 Å². The van der Waals surface area contributed by atoms with Gasteiger partial charge in [-0.1, -0.05) is 0 Å². The lowest BCUT2D eigenvalue weighted by molar-refractivity contribution is 0.0716. The van der Waals surface area contributed by atoms with Gasteiger partial charge in [-0.05, 0) is 44.4 Å². The molecule has 0 aromatic carbocycles. The molecule has 1 amide bonds. The molecule has 1 aliphatic heterocycles. The maximum atomic E-state index is 12.9. The summed E-state index contributed by atoms with van der Waals surface area (Å²) in [6.45, 7) is 5.90. The maximum Gasteiger partial charge on any atom is 0.259 e. The van der Waals surface area contributed by atoms with Gasteiger partial charge in [0, 0.05) is 18.9 Å². The fourth-order valence-corrected chi connectivity index (χ4v) is 3.04. The average molecular weight is 314 g/mol. The van der Waals surface area contributed by atoms with Crippen LogP contribution in [0.1, 0.15) is 35.7 Å².